The summed E-state index contributed by atoms with van der Waals surface area (Å²) in [4.78, 5) is 2.60. The van der Waals surface area contributed by atoms with Crippen LogP contribution in [-0.2, 0) is 13.1 Å². The van der Waals surface area contributed by atoms with Crippen LogP contribution in [0, 0.1) is 5.41 Å². The van der Waals surface area contributed by atoms with Crippen LogP contribution in [0.5, 0.6) is 0 Å². The maximum Gasteiger partial charge on any atom is 0.0240 e. The first-order valence-corrected chi connectivity index (χ1v) is 7.31. The van der Waals surface area contributed by atoms with E-state index in [1.807, 2.05) is 0 Å². The van der Waals surface area contributed by atoms with E-state index in [1.54, 1.807) is 0 Å². The molecular formula is C16H24N2. The highest BCUT2D eigenvalue weighted by Crippen LogP contribution is 2.37. The first-order chi connectivity index (χ1) is 8.81. The van der Waals surface area contributed by atoms with Crippen molar-refractivity contribution >= 4 is 0 Å². The number of rotatable bonds is 3. The van der Waals surface area contributed by atoms with Crippen molar-refractivity contribution in [1.29, 1.82) is 0 Å². The minimum Gasteiger partial charge on any atom is -0.330 e. The normalized spacial score (nSPS) is 22.9. The van der Waals surface area contributed by atoms with E-state index in [2.05, 4.69) is 29.2 Å². The van der Waals surface area contributed by atoms with Crippen molar-refractivity contribution in [3.63, 3.8) is 0 Å². The molecule has 1 aromatic carbocycles. The first-order valence-electron chi connectivity index (χ1n) is 7.31. The van der Waals surface area contributed by atoms with Gasteiger partial charge in [-0.05, 0) is 35.9 Å². The molecule has 1 fully saturated rings. The van der Waals surface area contributed by atoms with Crippen molar-refractivity contribution in [2.45, 2.75) is 45.2 Å². The van der Waals surface area contributed by atoms with Gasteiger partial charge in [0, 0.05) is 19.6 Å². The number of hydrogen-bond donors (Lipinski definition) is 1. The van der Waals surface area contributed by atoms with Crippen LogP contribution in [0.4, 0.5) is 0 Å². The molecule has 2 nitrogen and oxygen atoms in total. The summed E-state index contributed by atoms with van der Waals surface area (Å²) in [5.41, 5.74) is 9.53. The van der Waals surface area contributed by atoms with Gasteiger partial charge < -0.3 is 5.73 Å². The monoisotopic (exact) mass is 244 g/mol. The summed E-state index contributed by atoms with van der Waals surface area (Å²) < 4.78 is 0. The van der Waals surface area contributed by atoms with Crippen LogP contribution in [0.3, 0.4) is 0 Å². The molecule has 1 aliphatic carbocycles. The highest BCUT2D eigenvalue weighted by atomic mass is 15.1. The van der Waals surface area contributed by atoms with Gasteiger partial charge in [-0.2, -0.15) is 0 Å². The summed E-state index contributed by atoms with van der Waals surface area (Å²) in [5.74, 6) is 0. The van der Waals surface area contributed by atoms with Crippen LogP contribution in [-0.4, -0.2) is 18.0 Å². The van der Waals surface area contributed by atoms with Gasteiger partial charge in [0.1, 0.15) is 0 Å². The smallest absolute Gasteiger partial charge is 0.0240 e. The third-order valence-electron chi connectivity index (χ3n) is 4.81. The molecule has 0 aromatic heterocycles. The molecule has 0 atom stereocenters. The van der Waals surface area contributed by atoms with Crippen LogP contribution in [0.1, 0.15) is 43.2 Å². The summed E-state index contributed by atoms with van der Waals surface area (Å²) in [7, 11) is 0. The van der Waals surface area contributed by atoms with E-state index in [0.717, 1.165) is 19.6 Å². The molecule has 0 bridgehead atoms. The van der Waals surface area contributed by atoms with Gasteiger partial charge in [0.2, 0.25) is 0 Å². The molecular weight excluding hydrogens is 220 g/mol. The van der Waals surface area contributed by atoms with Gasteiger partial charge in [-0.15, -0.1) is 0 Å². The van der Waals surface area contributed by atoms with Gasteiger partial charge in [0.25, 0.3) is 0 Å². The highest BCUT2D eigenvalue weighted by Gasteiger charge is 2.34. The topological polar surface area (TPSA) is 29.3 Å². The minimum atomic E-state index is 0.403. The number of nitrogens with zero attached hydrogens (tertiary/aromatic N) is 1. The zero-order valence-electron chi connectivity index (χ0n) is 11.2. The van der Waals surface area contributed by atoms with Gasteiger partial charge in [-0.3, -0.25) is 4.90 Å². The van der Waals surface area contributed by atoms with Gasteiger partial charge in [0.05, 0.1) is 0 Å². The molecule has 0 radical (unpaired) electrons. The van der Waals surface area contributed by atoms with Gasteiger partial charge in [-0.1, -0.05) is 43.5 Å². The number of benzene rings is 1. The lowest BCUT2D eigenvalue weighted by Crippen LogP contribution is -2.42. The number of hydrogen-bond acceptors (Lipinski definition) is 2. The van der Waals surface area contributed by atoms with E-state index in [1.165, 1.54) is 49.8 Å². The summed E-state index contributed by atoms with van der Waals surface area (Å²) in [6.07, 6.45) is 6.81. The van der Waals surface area contributed by atoms with Crippen LogP contribution in [0.25, 0.3) is 0 Å². The van der Waals surface area contributed by atoms with Crippen LogP contribution >= 0.6 is 0 Å². The van der Waals surface area contributed by atoms with Crippen molar-refractivity contribution < 1.29 is 0 Å². The number of fused-ring (bicyclic) bond motifs is 1. The van der Waals surface area contributed by atoms with Crippen molar-refractivity contribution in [2.75, 3.05) is 13.1 Å². The Bertz CT molecular complexity index is 382. The SMILES string of the molecule is NCC1(CN2Cc3ccccc3C2)CCCCC1. The van der Waals surface area contributed by atoms with Crippen molar-refractivity contribution in [3.8, 4) is 0 Å². The molecule has 2 heteroatoms. The zero-order chi connectivity index (χ0) is 12.4. The van der Waals surface area contributed by atoms with Crippen LogP contribution < -0.4 is 5.73 Å². The summed E-state index contributed by atoms with van der Waals surface area (Å²) in [6.45, 7) is 4.30. The van der Waals surface area contributed by atoms with E-state index in [4.69, 9.17) is 5.73 Å². The van der Waals surface area contributed by atoms with E-state index in [9.17, 15) is 0 Å². The van der Waals surface area contributed by atoms with Gasteiger partial charge in [-0.25, -0.2) is 0 Å². The van der Waals surface area contributed by atoms with Crippen molar-refractivity contribution in [3.05, 3.63) is 35.4 Å². The molecule has 0 saturated heterocycles. The van der Waals surface area contributed by atoms with Crippen LogP contribution in [0.2, 0.25) is 0 Å². The van der Waals surface area contributed by atoms with E-state index in [-0.39, 0.29) is 0 Å². The average molecular weight is 244 g/mol. The quantitative estimate of drug-likeness (QED) is 0.886. The molecule has 0 unspecified atom stereocenters. The Morgan fingerprint density at radius 1 is 1.00 bits per heavy atom. The molecule has 0 spiro atoms. The fraction of sp³-hybridized carbons (Fsp3) is 0.625. The molecule has 18 heavy (non-hydrogen) atoms. The minimum absolute atomic E-state index is 0.403. The lowest BCUT2D eigenvalue weighted by molar-refractivity contribution is 0.110. The van der Waals surface area contributed by atoms with Crippen molar-refractivity contribution in [2.24, 2.45) is 11.1 Å². The Morgan fingerprint density at radius 3 is 2.17 bits per heavy atom. The highest BCUT2D eigenvalue weighted by molar-refractivity contribution is 5.30. The van der Waals surface area contributed by atoms with Crippen LogP contribution in [0.15, 0.2) is 24.3 Å². The predicted molar refractivity (Wildman–Crippen MR) is 75.1 cm³/mol. The Labute approximate surface area is 110 Å². The van der Waals surface area contributed by atoms with Crippen molar-refractivity contribution in [1.82, 2.24) is 4.90 Å². The second-order valence-electron chi connectivity index (χ2n) is 6.18. The lowest BCUT2D eigenvalue weighted by atomic mass is 9.74. The fourth-order valence-electron chi connectivity index (χ4n) is 3.72. The Morgan fingerprint density at radius 2 is 1.61 bits per heavy atom. The second-order valence-corrected chi connectivity index (χ2v) is 6.18. The molecule has 1 heterocycles. The summed E-state index contributed by atoms with van der Waals surface area (Å²) >= 11 is 0. The molecule has 98 valence electrons. The van der Waals surface area contributed by atoms with E-state index < -0.39 is 0 Å². The third-order valence-corrected chi connectivity index (χ3v) is 4.81. The van der Waals surface area contributed by atoms with E-state index in [0.29, 0.717) is 5.41 Å². The van der Waals surface area contributed by atoms with Gasteiger partial charge in [0.15, 0.2) is 0 Å². The molecule has 2 N–H and O–H groups in total. The maximum atomic E-state index is 6.09. The molecule has 1 saturated carbocycles. The van der Waals surface area contributed by atoms with E-state index >= 15 is 0 Å². The third kappa shape index (κ3) is 2.32. The Balaban J connectivity index is 1.67. The first kappa shape index (κ1) is 12.2. The molecule has 2 aliphatic rings. The fourth-order valence-corrected chi connectivity index (χ4v) is 3.72. The molecule has 3 rings (SSSR count). The summed E-state index contributed by atoms with van der Waals surface area (Å²) in [6, 6.07) is 8.85. The Kier molecular flexibility index (Phi) is 3.40. The second kappa shape index (κ2) is 5.02. The zero-order valence-corrected chi connectivity index (χ0v) is 11.2. The molecule has 1 aromatic rings. The van der Waals surface area contributed by atoms with Gasteiger partial charge >= 0.3 is 0 Å². The maximum absolute atomic E-state index is 6.09. The number of nitrogens with two attached hydrogens (primary N) is 1. The predicted octanol–water partition coefficient (Wildman–Crippen LogP) is 2.91. The Hall–Kier alpha value is -0.860. The summed E-state index contributed by atoms with van der Waals surface area (Å²) in [5, 5.41) is 0. The average Bonchev–Trinajstić information content (AvgIpc) is 2.81. The molecule has 0 amide bonds. The molecule has 1 aliphatic heterocycles. The largest absolute Gasteiger partial charge is 0.330 e. The standard InChI is InChI=1S/C16H24N2/c17-12-16(8-4-1-5-9-16)13-18-10-14-6-2-3-7-15(14)11-18/h2-3,6-7H,1,4-5,8-13,17H2. The lowest BCUT2D eigenvalue weighted by Gasteiger charge is -2.39.